The average molecular weight is 286 g/mol. The van der Waals surface area contributed by atoms with Crippen LogP contribution < -0.4 is 4.90 Å². The van der Waals surface area contributed by atoms with Gasteiger partial charge >= 0.3 is 0 Å². The Morgan fingerprint density at radius 2 is 2.10 bits per heavy atom. The van der Waals surface area contributed by atoms with Crippen LogP contribution in [0.5, 0.6) is 0 Å². The number of rotatable bonds is 2. The van der Waals surface area contributed by atoms with Crippen LogP contribution in [0, 0.1) is 5.92 Å². The Morgan fingerprint density at radius 1 is 1.24 bits per heavy atom. The van der Waals surface area contributed by atoms with Crippen LogP contribution in [0.2, 0.25) is 0 Å². The van der Waals surface area contributed by atoms with Crippen LogP contribution in [0.25, 0.3) is 0 Å². The molecule has 1 aromatic rings. The number of carbonyl (C=O) groups excluding carboxylic acids is 2. The lowest BCUT2D eigenvalue weighted by Gasteiger charge is -2.31. The minimum absolute atomic E-state index is 0.0926. The van der Waals surface area contributed by atoms with Crippen molar-refractivity contribution in [1.29, 1.82) is 0 Å². The topological polar surface area (TPSA) is 40.6 Å². The van der Waals surface area contributed by atoms with E-state index >= 15 is 0 Å². The Labute approximate surface area is 125 Å². The molecule has 4 heteroatoms. The van der Waals surface area contributed by atoms with E-state index in [4.69, 9.17) is 0 Å². The molecule has 0 saturated carbocycles. The van der Waals surface area contributed by atoms with Crippen molar-refractivity contribution in [2.45, 2.75) is 32.6 Å². The molecule has 3 rings (SSSR count). The van der Waals surface area contributed by atoms with Crippen LogP contribution in [0.3, 0.4) is 0 Å². The molecule has 21 heavy (non-hydrogen) atoms. The van der Waals surface area contributed by atoms with Gasteiger partial charge in [-0.25, -0.2) is 0 Å². The van der Waals surface area contributed by atoms with Gasteiger partial charge in [-0.05, 0) is 43.4 Å². The van der Waals surface area contributed by atoms with Gasteiger partial charge in [0.15, 0.2) is 0 Å². The number of benzene rings is 1. The van der Waals surface area contributed by atoms with E-state index < -0.39 is 0 Å². The molecule has 0 radical (unpaired) electrons. The van der Waals surface area contributed by atoms with E-state index in [1.54, 1.807) is 4.90 Å². The number of nitrogens with zero attached hydrogens (tertiary/aromatic N) is 2. The van der Waals surface area contributed by atoms with Gasteiger partial charge in [-0.3, -0.25) is 9.59 Å². The Morgan fingerprint density at radius 3 is 2.81 bits per heavy atom. The van der Waals surface area contributed by atoms with E-state index in [1.807, 2.05) is 29.2 Å². The van der Waals surface area contributed by atoms with E-state index in [0.717, 1.165) is 38.2 Å². The summed E-state index contributed by atoms with van der Waals surface area (Å²) in [5.74, 6) is 0.826. The highest BCUT2D eigenvalue weighted by Crippen LogP contribution is 2.24. The second-order valence-electron chi connectivity index (χ2n) is 6.20. The molecule has 0 spiro atoms. The number of carbonyl (C=O) groups is 2. The number of hydrogen-bond acceptors (Lipinski definition) is 2. The van der Waals surface area contributed by atoms with Gasteiger partial charge < -0.3 is 9.80 Å². The summed E-state index contributed by atoms with van der Waals surface area (Å²) < 4.78 is 0. The predicted octanol–water partition coefficient (Wildman–Crippen LogP) is 2.69. The van der Waals surface area contributed by atoms with Crippen LogP contribution in [-0.4, -0.2) is 36.3 Å². The summed E-state index contributed by atoms with van der Waals surface area (Å²) in [6, 6.07) is 7.51. The summed E-state index contributed by atoms with van der Waals surface area (Å²) in [5, 5.41) is 0. The van der Waals surface area contributed by atoms with Crippen LogP contribution in [0.4, 0.5) is 5.69 Å². The van der Waals surface area contributed by atoms with E-state index in [9.17, 15) is 9.59 Å². The highest BCUT2D eigenvalue weighted by atomic mass is 16.2. The number of amides is 2. The third kappa shape index (κ3) is 2.94. The number of hydrogen-bond donors (Lipinski definition) is 0. The summed E-state index contributed by atoms with van der Waals surface area (Å²) in [6.07, 6.45) is 3.80. The largest absolute Gasteiger partial charge is 0.338 e. The zero-order chi connectivity index (χ0) is 14.8. The molecule has 2 aliphatic heterocycles. The van der Waals surface area contributed by atoms with E-state index in [1.165, 1.54) is 6.42 Å². The van der Waals surface area contributed by atoms with E-state index in [0.29, 0.717) is 17.9 Å². The minimum atomic E-state index is 0.0926. The van der Waals surface area contributed by atoms with Gasteiger partial charge in [-0.15, -0.1) is 0 Å². The van der Waals surface area contributed by atoms with Gasteiger partial charge in [-0.2, -0.15) is 0 Å². The van der Waals surface area contributed by atoms with E-state index in [2.05, 4.69) is 6.92 Å². The summed E-state index contributed by atoms with van der Waals surface area (Å²) in [4.78, 5) is 28.2. The van der Waals surface area contributed by atoms with Gasteiger partial charge in [-0.1, -0.05) is 13.0 Å². The molecule has 0 N–H and O–H groups in total. The Bertz CT molecular complexity index is 555. The fourth-order valence-corrected chi connectivity index (χ4v) is 3.28. The molecule has 2 amide bonds. The molecule has 1 atom stereocenters. The first-order chi connectivity index (χ1) is 10.1. The van der Waals surface area contributed by atoms with E-state index in [-0.39, 0.29) is 11.8 Å². The van der Waals surface area contributed by atoms with Crippen molar-refractivity contribution < 1.29 is 9.59 Å². The summed E-state index contributed by atoms with van der Waals surface area (Å²) in [5.41, 5.74) is 1.55. The van der Waals surface area contributed by atoms with Crippen molar-refractivity contribution in [3.05, 3.63) is 29.8 Å². The smallest absolute Gasteiger partial charge is 0.253 e. The standard InChI is InChI=1S/C17H22N2O2/c1-13-5-3-9-18(12-13)17(21)14-6-2-7-15(11-14)19-10-4-8-16(19)20/h2,6-7,11,13H,3-5,8-10,12H2,1H3. The second-order valence-corrected chi connectivity index (χ2v) is 6.20. The SMILES string of the molecule is CC1CCCN(C(=O)c2cccc(N3CCCC3=O)c2)C1. The van der Waals surface area contributed by atoms with Crippen LogP contribution in [0.1, 0.15) is 43.0 Å². The van der Waals surface area contributed by atoms with Gasteiger partial charge in [0.05, 0.1) is 0 Å². The summed E-state index contributed by atoms with van der Waals surface area (Å²) in [7, 11) is 0. The first kappa shape index (κ1) is 14.1. The lowest BCUT2D eigenvalue weighted by atomic mass is 9.99. The molecule has 2 saturated heterocycles. The first-order valence-corrected chi connectivity index (χ1v) is 7.85. The number of anilines is 1. The highest BCUT2D eigenvalue weighted by Gasteiger charge is 2.25. The van der Waals surface area contributed by atoms with Crippen molar-refractivity contribution in [2.24, 2.45) is 5.92 Å². The minimum Gasteiger partial charge on any atom is -0.338 e. The monoisotopic (exact) mass is 286 g/mol. The normalized spacial score (nSPS) is 22.7. The first-order valence-electron chi connectivity index (χ1n) is 7.85. The van der Waals surface area contributed by atoms with Crippen molar-refractivity contribution in [1.82, 2.24) is 4.90 Å². The molecule has 2 heterocycles. The molecule has 0 aliphatic carbocycles. The molecule has 1 unspecified atom stereocenters. The second kappa shape index (κ2) is 5.88. The van der Waals surface area contributed by atoms with Gasteiger partial charge in [0, 0.05) is 37.3 Å². The van der Waals surface area contributed by atoms with Gasteiger partial charge in [0.25, 0.3) is 5.91 Å². The van der Waals surface area contributed by atoms with Gasteiger partial charge in [0.1, 0.15) is 0 Å². The number of likely N-dealkylation sites (tertiary alicyclic amines) is 1. The maximum Gasteiger partial charge on any atom is 0.253 e. The maximum atomic E-state index is 12.6. The molecule has 0 aromatic heterocycles. The molecule has 2 aliphatic rings. The molecule has 112 valence electrons. The molecular weight excluding hydrogens is 264 g/mol. The van der Waals surface area contributed by atoms with Gasteiger partial charge in [0.2, 0.25) is 5.91 Å². The maximum absolute atomic E-state index is 12.6. The molecule has 2 fully saturated rings. The third-order valence-corrected chi connectivity index (χ3v) is 4.42. The fraction of sp³-hybridized carbons (Fsp3) is 0.529. The third-order valence-electron chi connectivity index (χ3n) is 4.42. The quantitative estimate of drug-likeness (QED) is 0.838. The molecule has 4 nitrogen and oxygen atoms in total. The van der Waals surface area contributed by atoms with Crippen LogP contribution >= 0.6 is 0 Å². The van der Waals surface area contributed by atoms with Crippen LogP contribution in [0.15, 0.2) is 24.3 Å². The summed E-state index contributed by atoms with van der Waals surface area (Å²) >= 11 is 0. The van der Waals surface area contributed by atoms with Crippen molar-refractivity contribution in [2.75, 3.05) is 24.5 Å². The average Bonchev–Trinajstić information content (AvgIpc) is 2.93. The zero-order valence-corrected chi connectivity index (χ0v) is 12.5. The lowest BCUT2D eigenvalue weighted by Crippen LogP contribution is -2.39. The van der Waals surface area contributed by atoms with Crippen LogP contribution in [-0.2, 0) is 4.79 Å². The van der Waals surface area contributed by atoms with Crippen molar-refractivity contribution >= 4 is 17.5 Å². The van der Waals surface area contributed by atoms with Crippen molar-refractivity contribution in [3.63, 3.8) is 0 Å². The number of piperidine rings is 1. The Kier molecular flexibility index (Phi) is 3.95. The molecule has 1 aromatic carbocycles. The zero-order valence-electron chi connectivity index (χ0n) is 12.5. The molecule has 0 bridgehead atoms. The summed E-state index contributed by atoms with van der Waals surface area (Å²) in [6.45, 7) is 4.64. The Hall–Kier alpha value is -1.84. The lowest BCUT2D eigenvalue weighted by molar-refractivity contribution is -0.117. The predicted molar refractivity (Wildman–Crippen MR) is 82.3 cm³/mol. The molecular formula is C17H22N2O2. The Balaban J connectivity index is 1.79. The van der Waals surface area contributed by atoms with Crippen molar-refractivity contribution in [3.8, 4) is 0 Å². The fourth-order valence-electron chi connectivity index (χ4n) is 3.28. The highest BCUT2D eigenvalue weighted by molar-refractivity contribution is 5.99.